The zero-order valence-corrected chi connectivity index (χ0v) is 11.8. The van der Waals surface area contributed by atoms with E-state index in [4.69, 9.17) is 0 Å². The molecule has 0 aliphatic heterocycles. The second-order valence-corrected chi connectivity index (χ2v) is 5.06. The molecule has 0 aliphatic rings. The number of hydrogen-bond donors (Lipinski definition) is 2. The van der Waals surface area contributed by atoms with Crippen molar-refractivity contribution >= 4 is 28.3 Å². The number of halogens is 2. The van der Waals surface area contributed by atoms with Gasteiger partial charge in [-0.25, -0.2) is 4.39 Å². The van der Waals surface area contributed by atoms with E-state index >= 15 is 0 Å². The molecule has 0 bridgehead atoms. The predicted octanol–water partition coefficient (Wildman–Crippen LogP) is 3.58. The summed E-state index contributed by atoms with van der Waals surface area (Å²) in [5.74, 6) is -0.380. The minimum absolute atomic E-state index is 0.279. The minimum atomic E-state index is -0.859. The molecule has 0 saturated carbocycles. The highest BCUT2D eigenvalue weighted by Crippen LogP contribution is 2.20. The maximum atomic E-state index is 13.5. The van der Waals surface area contributed by atoms with Gasteiger partial charge in [0.15, 0.2) is 0 Å². The van der Waals surface area contributed by atoms with Gasteiger partial charge in [0.05, 0.1) is 6.10 Å². The normalized spacial score (nSPS) is 12.2. The lowest BCUT2D eigenvalue weighted by Crippen LogP contribution is -2.13. The van der Waals surface area contributed by atoms with Crippen molar-refractivity contribution in [1.29, 1.82) is 0 Å². The number of aliphatic hydroxyl groups excluding tert-OH is 1. The molecule has 2 aromatic rings. The van der Waals surface area contributed by atoms with Crippen molar-refractivity contribution < 1.29 is 9.50 Å². The lowest BCUT2D eigenvalue weighted by Gasteiger charge is -2.14. The van der Waals surface area contributed by atoms with Crippen LogP contribution in [0.25, 0.3) is 0 Å². The quantitative estimate of drug-likeness (QED) is 0.820. The van der Waals surface area contributed by atoms with E-state index in [-0.39, 0.29) is 12.4 Å². The molecule has 0 radical (unpaired) electrons. The van der Waals surface area contributed by atoms with Crippen molar-refractivity contribution in [2.24, 2.45) is 0 Å². The molecule has 18 heavy (non-hydrogen) atoms. The summed E-state index contributed by atoms with van der Waals surface area (Å²) >= 11 is 2.21. The molecule has 0 aliphatic carbocycles. The first-order valence-corrected chi connectivity index (χ1v) is 6.67. The van der Waals surface area contributed by atoms with Crippen LogP contribution in [0.2, 0.25) is 0 Å². The number of nitrogens with one attached hydrogen (secondary N) is 1. The molecule has 2 nitrogen and oxygen atoms in total. The van der Waals surface area contributed by atoms with Crippen LogP contribution in [0, 0.1) is 9.39 Å². The molecule has 0 spiro atoms. The van der Waals surface area contributed by atoms with Crippen LogP contribution in [-0.4, -0.2) is 11.7 Å². The fourth-order valence-electron chi connectivity index (χ4n) is 1.67. The molecule has 1 unspecified atom stereocenters. The summed E-state index contributed by atoms with van der Waals surface area (Å²) in [7, 11) is 0. The third kappa shape index (κ3) is 3.20. The Labute approximate surface area is 119 Å². The van der Waals surface area contributed by atoms with Gasteiger partial charge in [-0.15, -0.1) is 0 Å². The van der Waals surface area contributed by atoms with Crippen LogP contribution in [0.15, 0.2) is 48.5 Å². The average Bonchev–Trinajstić information content (AvgIpc) is 2.38. The summed E-state index contributed by atoms with van der Waals surface area (Å²) in [4.78, 5) is 0. The van der Waals surface area contributed by atoms with Crippen LogP contribution in [0.1, 0.15) is 11.7 Å². The van der Waals surface area contributed by atoms with Crippen LogP contribution >= 0.6 is 22.6 Å². The van der Waals surface area contributed by atoms with Crippen LogP contribution in [0.3, 0.4) is 0 Å². The highest BCUT2D eigenvalue weighted by Gasteiger charge is 2.12. The Kier molecular flexibility index (Phi) is 4.54. The summed E-state index contributed by atoms with van der Waals surface area (Å²) in [6.07, 6.45) is -0.859. The smallest absolute Gasteiger partial charge is 0.129 e. The molecular formula is C14H13FINO. The molecule has 4 heteroatoms. The number of hydrogen-bond acceptors (Lipinski definition) is 2. The van der Waals surface area contributed by atoms with Crippen LogP contribution in [0.4, 0.5) is 10.1 Å². The SMILES string of the molecule is OC(CNc1ccccc1I)c1ccccc1F. The van der Waals surface area contributed by atoms with Crippen molar-refractivity contribution in [3.63, 3.8) is 0 Å². The molecule has 0 saturated heterocycles. The van der Waals surface area contributed by atoms with Gasteiger partial charge in [0.2, 0.25) is 0 Å². The van der Waals surface area contributed by atoms with Crippen molar-refractivity contribution in [2.45, 2.75) is 6.10 Å². The first-order chi connectivity index (χ1) is 8.68. The van der Waals surface area contributed by atoms with Gasteiger partial charge in [0.25, 0.3) is 0 Å². The molecule has 2 rings (SSSR count). The third-order valence-corrected chi connectivity index (χ3v) is 3.56. The molecule has 0 heterocycles. The molecule has 94 valence electrons. The fraction of sp³-hybridized carbons (Fsp3) is 0.143. The number of rotatable bonds is 4. The Hall–Kier alpha value is -1.14. The van der Waals surface area contributed by atoms with E-state index in [0.29, 0.717) is 5.56 Å². The van der Waals surface area contributed by atoms with Gasteiger partial charge in [-0.05, 0) is 40.8 Å². The molecule has 0 aromatic heterocycles. The van der Waals surface area contributed by atoms with E-state index in [1.165, 1.54) is 6.07 Å². The van der Waals surface area contributed by atoms with Crippen LogP contribution in [-0.2, 0) is 0 Å². The molecule has 2 aromatic carbocycles. The van der Waals surface area contributed by atoms with Gasteiger partial charge in [-0.1, -0.05) is 30.3 Å². The standard InChI is InChI=1S/C14H13FINO/c15-11-6-2-1-5-10(11)14(18)9-17-13-8-4-3-7-12(13)16/h1-8,14,17-18H,9H2. The molecule has 2 N–H and O–H groups in total. The number of anilines is 1. The van der Waals surface area contributed by atoms with Gasteiger partial charge >= 0.3 is 0 Å². The highest BCUT2D eigenvalue weighted by atomic mass is 127. The third-order valence-electron chi connectivity index (χ3n) is 2.62. The Bertz CT molecular complexity index is 533. The van der Waals surface area contributed by atoms with Gasteiger partial charge in [0, 0.05) is 21.4 Å². The van der Waals surface area contributed by atoms with E-state index in [1.54, 1.807) is 18.2 Å². The predicted molar refractivity (Wildman–Crippen MR) is 79.0 cm³/mol. The second kappa shape index (κ2) is 6.15. The summed E-state index contributed by atoms with van der Waals surface area (Å²) in [6, 6.07) is 14.0. The molecule has 1 atom stereocenters. The zero-order chi connectivity index (χ0) is 13.0. The average molecular weight is 357 g/mol. The Morgan fingerprint density at radius 1 is 1.11 bits per heavy atom. The van der Waals surface area contributed by atoms with Gasteiger partial charge < -0.3 is 10.4 Å². The van der Waals surface area contributed by atoms with E-state index in [2.05, 4.69) is 27.9 Å². The Morgan fingerprint density at radius 2 is 1.78 bits per heavy atom. The van der Waals surface area contributed by atoms with Gasteiger partial charge in [0.1, 0.15) is 5.82 Å². The second-order valence-electron chi connectivity index (χ2n) is 3.90. The van der Waals surface area contributed by atoms with Crippen LogP contribution in [0.5, 0.6) is 0 Å². The molecule has 0 amide bonds. The first-order valence-electron chi connectivity index (χ1n) is 5.59. The van der Waals surface area contributed by atoms with E-state index < -0.39 is 6.10 Å². The van der Waals surface area contributed by atoms with E-state index in [9.17, 15) is 9.50 Å². The van der Waals surface area contributed by atoms with Gasteiger partial charge in [-0.3, -0.25) is 0 Å². The largest absolute Gasteiger partial charge is 0.386 e. The fourth-order valence-corrected chi connectivity index (χ4v) is 2.24. The Balaban J connectivity index is 2.03. The zero-order valence-electron chi connectivity index (χ0n) is 9.61. The van der Waals surface area contributed by atoms with Crippen molar-refractivity contribution in [1.82, 2.24) is 0 Å². The summed E-state index contributed by atoms with van der Waals surface area (Å²) in [5.41, 5.74) is 1.25. The van der Waals surface area contributed by atoms with Gasteiger partial charge in [-0.2, -0.15) is 0 Å². The highest BCUT2D eigenvalue weighted by molar-refractivity contribution is 14.1. The lowest BCUT2D eigenvalue weighted by atomic mass is 10.1. The molecule has 0 fully saturated rings. The maximum absolute atomic E-state index is 13.5. The van der Waals surface area contributed by atoms with Crippen LogP contribution < -0.4 is 5.32 Å². The topological polar surface area (TPSA) is 32.3 Å². The number of benzene rings is 2. The maximum Gasteiger partial charge on any atom is 0.129 e. The lowest BCUT2D eigenvalue weighted by molar-refractivity contribution is 0.186. The number of para-hydroxylation sites is 1. The first kappa shape index (κ1) is 13.3. The Morgan fingerprint density at radius 3 is 2.50 bits per heavy atom. The summed E-state index contributed by atoms with van der Waals surface area (Å²) in [6.45, 7) is 0.279. The van der Waals surface area contributed by atoms with E-state index in [1.807, 2.05) is 24.3 Å². The van der Waals surface area contributed by atoms with Crippen molar-refractivity contribution in [3.8, 4) is 0 Å². The minimum Gasteiger partial charge on any atom is -0.386 e. The van der Waals surface area contributed by atoms with Crippen molar-refractivity contribution in [3.05, 3.63) is 63.5 Å². The van der Waals surface area contributed by atoms with E-state index in [0.717, 1.165) is 9.26 Å². The summed E-state index contributed by atoms with van der Waals surface area (Å²) < 4.78 is 14.5. The molecular weight excluding hydrogens is 344 g/mol. The number of aliphatic hydroxyl groups is 1. The van der Waals surface area contributed by atoms with Crippen molar-refractivity contribution in [2.75, 3.05) is 11.9 Å². The summed E-state index contributed by atoms with van der Waals surface area (Å²) in [5, 5.41) is 13.1. The monoisotopic (exact) mass is 357 g/mol.